The van der Waals surface area contributed by atoms with Crippen molar-refractivity contribution in [1.82, 2.24) is 9.78 Å². The molecule has 2 aromatic rings. The smallest absolute Gasteiger partial charge is 0.134 e. The fraction of sp³-hybridized carbons (Fsp3) is 0.182. The second-order valence-corrected chi connectivity index (χ2v) is 3.58. The van der Waals surface area contributed by atoms with Crippen molar-refractivity contribution in [3.63, 3.8) is 0 Å². The Kier molecular flexibility index (Phi) is 2.63. The summed E-state index contributed by atoms with van der Waals surface area (Å²) in [7, 11) is 3.07. The number of benzene rings is 1. The van der Waals surface area contributed by atoms with E-state index in [1.54, 1.807) is 13.1 Å². The van der Waals surface area contributed by atoms with E-state index in [9.17, 15) is 9.50 Å². The minimum atomic E-state index is -0.577. The average molecular weight is 237 g/mol. The second-order valence-electron chi connectivity index (χ2n) is 3.58. The number of aryl methyl sites for hydroxylation is 1. The van der Waals surface area contributed by atoms with Gasteiger partial charge in [0.1, 0.15) is 28.8 Å². The highest BCUT2D eigenvalue weighted by Crippen LogP contribution is 2.38. The first-order valence-electron chi connectivity index (χ1n) is 4.89. The number of anilines is 1. The van der Waals surface area contributed by atoms with Crippen LogP contribution < -0.4 is 10.5 Å². The molecule has 90 valence electrons. The first-order chi connectivity index (χ1) is 8.02. The third-order valence-electron chi connectivity index (χ3n) is 2.44. The molecule has 0 saturated heterocycles. The Morgan fingerprint density at radius 1 is 1.41 bits per heavy atom. The molecule has 0 aliphatic heterocycles. The number of ether oxygens (including phenoxy) is 1. The molecule has 6 heteroatoms. The normalized spacial score (nSPS) is 10.5. The number of hydrogen-bond acceptors (Lipinski definition) is 4. The molecule has 0 atom stereocenters. The summed E-state index contributed by atoms with van der Waals surface area (Å²) >= 11 is 0. The first-order valence-corrected chi connectivity index (χ1v) is 4.89. The van der Waals surface area contributed by atoms with Crippen molar-refractivity contribution in [2.75, 3.05) is 12.8 Å². The van der Waals surface area contributed by atoms with Crippen molar-refractivity contribution < 1.29 is 14.2 Å². The van der Waals surface area contributed by atoms with Gasteiger partial charge in [-0.25, -0.2) is 4.39 Å². The van der Waals surface area contributed by atoms with Gasteiger partial charge in [0.05, 0.1) is 12.7 Å². The molecule has 0 unspecified atom stereocenters. The molecule has 0 radical (unpaired) electrons. The van der Waals surface area contributed by atoms with E-state index in [1.807, 2.05) is 0 Å². The van der Waals surface area contributed by atoms with Gasteiger partial charge in [-0.2, -0.15) is 5.10 Å². The lowest BCUT2D eigenvalue weighted by Gasteiger charge is -2.08. The summed E-state index contributed by atoms with van der Waals surface area (Å²) in [6, 6.07) is 3.76. The third-order valence-corrected chi connectivity index (χ3v) is 2.44. The van der Waals surface area contributed by atoms with E-state index >= 15 is 0 Å². The van der Waals surface area contributed by atoms with Crippen molar-refractivity contribution >= 4 is 5.82 Å². The van der Waals surface area contributed by atoms with E-state index in [0.29, 0.717) is 17.1 Å². The van der Waals surface area contributed by atoms with E-state index < -0.39 is 5.82 Å². The number of methoxy groups -OCH3 is 1. The first kappa shape index (κ1) is 11.3. The molecule has 1 heterocycles. The van der Waals surface area contributed by atoms with Crippen LogP contribution >= 0.6 is 0 Å². The third kappa shape index (κ3) is 1.89. The van der Waals surface area contributed by atoms with Crippen LogP contribution in [-0.2, 0) is 7.05 Å². The van der Waals surface area contributed by atoms with Crippen LogP contribution in [0.4, 0.5) is 10.2 Å². The monoisotopic (exact) mass is 237 g/mol. The van der Waals surface area contributed by atoms with Crippen LogP contribution in [0.2, 0.25) is 0 Å². The van der Waals surface area contributed by atoms with Crippen LogP contribution in [0.3, 0.4) is 0 Å². The van der Waals surface area contributed by atoms with Gasteiger partial charge in [-0.05, 0) is 0 Å². The predicted molar refractivity (Wildman–Crippen MR) is 61.2 cm³/mol. The van der Waals surface area contributed by atoms with Gasteiger partial charge < -0.3 is 15.6 Å². The highest BCUT2D eigenvalue weighted by atomic mass is 19.1. The van der Waals surface area contributed by atoms with Crippen LogP contribution in [0.25, 0.3) is 11.3 Å². The Labute approximate surface area is 97.2 Å². The Bertz CT molecular complexity index is 547. The van der Waals surface area contributed by atoms with Crippen molar-refractivity contribution in [3.8, 4) is 22.8 Å². The van der Waals surface area contributed by atoms with Crippen LogP contribution in [0.15, 0.2) is 18.2 Å². The summed E-state index contributed by atoms with van der Waals surface area (Å²) in [5.74, 6) is -0.168. The minimum absolute atomic E-state index is 0.209. The van der Waals surface area contributed by atoms with Crippen LogP contribution in [0.1, 0.15) is 0 Å². The van der Waals surface area contributed by atoms with Gasteiger partial charge in [-0.15, -0.1) is 0 Å². The molecular weight excluding hydrogens is 225 g/mol. The number of aromatic hydroxyl groups is 1. The topological polar surface area (TPSA) is 73.3 Å². The fourth-order valence-corrected chi connectivity index (χ4v) is 1.59. The molecule has 0 saturated carbocycles. The maximum Gasteiger partial charge on any atom is 0.134 e. The maximum atomic E-state index is 13.1. The van der Waals surface area contributed by atoms with E-state index in [-0.39, 0.29) is 11.5 Å². The van der Waals surface area contributed by atoms with Gasteiger partial charge in [0.25, 0.3) is 0 Å². The Morgan fingerprint density at radius 3 is 2.65 bits per heavy atom. The number of nitrogens with zero attached hydrogens (tertiary/aromatic N) is 2. The van der Waals surface area contributed by atoms with Gasteiger partial charge in [-0.3, -0.25) is 4.68 Å². The molecule has 0 amide bonds. The van der Waals surface area contributed by atoms with Gasteiger partial charge >= 0.3 is 0 Å². The van der Waals surface area contributed by atoms with Gasteiger partial charge in [0.15, 0.2) is 0 Å². The van der Waals surface area contributed by atoms with Gasteiger partial charge in [0.2, 0.25) is 0 Å². The number of rotatable bonds is 2. The Balaban J connectivity index is 2.65. The Morgan fingerprint density at radius 2 is 2.12 bits per heavy atom. The van der Waals surface area contributed by atoms with E-state index in [1.165, 1.54) is 17.9 Å². The predicted octanol–water partition coefficient (Wildman–Crippen LogP) is 1.52. The van der Waals surface area contributed by atoms with Crippen molar-refractivity contribution in [3.05, 3.63) is 24.0 Å². The summed E-state index contributed by atoms with van der Waals surface area (Å²) in [5, 5.41) is 13.9. The number of halogens is 1. The van der Waals surface area contributed by atoms with Crippen LogP contribution in [0.5, 0.6) is 11.5 Å². The zero-order chi connectivity index (χ0) is 12.6. The lowest BCUT2D eigenvalue weighted by Crippen LogP contribution is -1.97. The molecule has 3 N–H and O–H groups in total. The van der Waals surface area contributed by atoms with Crippen LogP contribution in [0, 0.1) is 5.82 Å². The highest BCUT2D eigenvalue weighted by molar-refractivity contribution is 5.75. The second kappa shape index (κ2) is 3.97. The zero-order valence-electron chi connectivity index (χ0n) is 9.44. The number of nitrogens with two attached hydrogens (primary N) is 1. The average Bonchev–Trinajstić information content (AvgIpc) is 2.57. The molecule has 1 aromatic carbocycles. The standard InChI is InChI=1S/C11H12FN3O2/c1-15-10(13)5-7(14-15)11-8(16)3-6(12)4-9(11)17-2/h3-5,16H,13H2,1-2H3. The molecule has 17 heavy (non-hydrogen) atoms. The fourth-order valence-electron chi connectivity index (χ4n) is 1.59. The van der Waals surface area contributed by atoms with Gasteiger partial charge in [-0.1, -0.05) is 0 Å². The molecule has 0 bridgehead atoms. The number of phenols is 1. The van der Waals surface area contributed by atoms with Crippen molar-refractivity contribution in [2.45, 2.75) is 0 Å². The molecule has 2 rings (SSSR count). The number of phenolic OH excluding ortho intramolecular Hbond substituents is 1. The molecule has 1 aromatic heterocycles. The molecular formula is C11H12FN3O2. The quantitative estimate of drug-likeness (QED) is 0.830. The van der Waals surface area contributed by atoms with Gasteiger partial charge in [0, 0.05) is 25.2 Å². The molecule has 0 fully saturated rings. The SMILES string of the molecule is COc1cc(F)cc(O)c1-c1cc(N)n(C)n1. The Hall–Kier alpha value is -2.24. The molecule has 0 aliphatic rings. The number of nitrogen functional groups attached to an aromatic ring is 1. The van der Waals surface area contributed by atoms with Crippen LogP contribution in [-0.4, -0.2) is 22.0 Å². The number of aromatic nitrogens is 2. The summed E-state index contributed by atoms with van der Waals surface area (Å²) in [6.07, 6.45) is 0. The molecule has 5 nitrogen and oxygen atoms in total. The van der Waals surface area contributed by atoms with Crippen molar-refractivity contribution in [1.29, 1.82) is 0 Å². The lowest BCUT2D eigenvalue weighted by atomic mass is 10.1. The molecule has 0 spiro atoms. The van der Waals surface area contributed by atoms with Crippen molar-refractivity contribution in [2.24, 2.45) is 7.05 Å². The maximum absolute atomic E-state index is 13.1. The lowest BCUT2D eigenvalue weighted by molar-refractivity contribution is 0.405. The van der Waals surface area contributed by atoms with E-state index in [0.717, 1.165) is 6.07 Å². The summed E-state index contributed by atoms with van der Waals surface area (Å²) in [6.45, 7) is 0. The summed E-state index contributed by atoms with van der Waals surface area (Å²) < 4.78 is 19.6. The highest BCUT2D eigenvalue weighted by Gasteiger charge is 2.16. The largest absolute Gasteiger partial charge is 0.507 e. The van der Waals surface area contributed by atoms with E-state index in [4.69, 9.17) is 10.5 Å². The zero-order valence-corrected chi connectivity index (χ0v) is 9.44. The number of hydrogen-bond donors (Lipinski definition) is 2. The minimum Gasteiger partial charge on any atom is -0.507 e. The molecule has 0 aliphatic carbocycles. The van der Waals surface area contributed by atoms with E-state index in [2.05, 4.69) is 5.10 Å². The summed E-state index contributed by atoms with van der Waals surface area (Å²) in [4.78, 5) is 0. The summed E-state index contributed by atoms with van der Waals surface area (Å²) in [5.41, 5.74) is 6.40.